The maximum atomic E-state index is 12.0. The van der Waals surface area contributed by atoms with Gasteiger partial charge in [0.25, 0.3) is 0 Å². The van der Waals surface area contributed by atoms with E-state index in [9.17, 15) is 8.42 Å². The molecule has 0 saturated carbocycles. The second kappa shape index (κ2) is 9.92. The van der Waals surface area contributed by atoms with Crippen LogP contribution in [0.1, 0.15) is 56.6 Å². The fraction of sp³-hybridized carbons (Fsp3) is 0.625. The van der Waals surface area contributed by atoms with Crippen LogP contribution in [0.5, 0.6) is 0 Å². The number of sulfonamides is 1. The number of unbranched alkanes of at least 4 members (excludes halogenated alkanes) is 5. The third-order valence-corrected chi connectivity index (χ3v) is 4.82. The summed E-state index contributed by atoms with van der Waals surface area (Å²) < 4.78 is 26.6. The second-order valence-electron chi connectivity index (χ2n) is 5.44. The first-order valence-electron chi connectivity index (χ1n) is 7.82. The van der Waals surface area contributed by atoms with E-state index in [2.05, 4.69) is 11.6 Å². The lowest BCUT2D eigenvalue weighted by molar-refractivity contribution is 0.567. The molecule has 0 aromatic heterocycles. The lowest BCUT2D eigenvalue weighted by Crippen LogP contribution is -2.26. The van der Waals surface area contributed by atoms with Gasteiger partial charge in [-0.3, -0.25) is 0 Å². The van der Waals surface area contributed by atoms with Crippen molar-refractivity contribution in [1.29, 1.82) is 0 Å². The summed E-state index contributed by atoms with van der Waals surface area (Å²) in [6, 6.07) is 7.40. The molecular formula is C16H28N2O2S. The highest BCUT2D eigenvalue weighted by molar-refractivity contribution is 7.88. The molecule has 0 amide bonds. The molecule has 1 rings (SSSR count). The van der Waals surface area contributed by atoms with Gasteiger partial charge in [0.2, 0.25) is 10.0 Å². The highest BCUT2D eigenvalue weighted by Crippen LogP contribution is 2.08. The summed E-state index contributed by atoms with van der Waals surface area (Å²) in [5.74, 6) is 0.0354. The zero-order valence-corrected chi connectivity index (χ0v) is 13.8. The fourth-order valence-corrected chi connectivity index (χ4v) is 3.36. The Kier molecular flexibility index (Phi) is 8.57. The Balaban J connectivity index is 2.26. The monoisotopic (exact) mass is 312 g/mol. The summed E-state index contributed by atoms with van der Waals surface area (Å²) in [7, 11) is -3.23. The molecule has 0 aliphatic carbocycles. The van der Waals surface area contributed by atoms with Gasteiger partial charge in [0.15, 0.2) is 0 Å². The molecule has 0 radical (unpaired) electrons. The highest BCUT2D eigenvalue weighted by atomic mass is 32.2. The predicted molar refractivity (Wildman–Crippen MR) is 88.3 cm³/mol. The third kappa shape index (κ3) is 8.19. The van der Waals surface area contributed by atoms with Crippen molar-refractivity contribution in [3.05, 3.63) is 35.4 Å². The summed E-state index contributed by atoms with van der Waals surface area (Å²) in [6.07, 6.45) is 6.94. The second-order valence-corrected chi connectivity index (χ2v) is 7.25. The highest BCUT2D eigenvalue weighted by Gasteiger charge is 2.10. The van der Waals surface area contributed by atoms with Crippen molar-refractivity contribution in [2.75, 3.05) is 6.54 Å². The number of nitrogens with two attached hydrogens (primary N) is 1. The van der Waals surface area contributed by atoms with Crippen molar-refractivity contribution in [3.8, 4) is 0 Å². The van der Waals surface area contributed by atoms with Crippen LogP contribution < -0.4 is 10.5 Å². The van der Waals surface area contributed by atoms with E-state index in [1.807, 2.05) is 24.3 Å². The van der Waals surface area contributed by atoms with Crippen molar-refractivity contribution >= 4 is 10.0 Å². The summed E-state index contributed by atoms with van der Waals surface area (Å²) in [5, 5.41) is 0. The molecule has 21 heavy (non-hydrogen) atoms. The van der Waals surface area contributed by atoms with Crippen LogP contribution in [0.25, 0.3) is 0 Å². The minimum atomic E-state index is -3.23. The Bertz CT molecular complexity index is 484. The molecule has 0 bridgehead atoms. The van der Waals surface area contributed by atoms with Crippen LogP contribution in [0.15, 0.2) is 24.3 Å². The minimum Gasteiger partial charge on any atom is -0.326 e. The molecule has 0 atom stereocenters. The van der Waals surface area contributed by atoms with Crippen LogP contribution >= 0.6 is 0 Å². The number of hydrogen-bond acceptors (Lipinski definition) is 3. The maximum Gasteiger partial charge on any atom is 0.215 e. The largest absolute Gasteiger partial charge is 0.326 e. The van der Waals surface area contributed by atoms with E-state index in [1.54, 1.807) is 0 Å². The first-order chi connectivity index (χ1) is 10.1. The molecule has 4 nitrogen and oxygen atoms in total. The lowest BCUT2D eigenvalue weighted by atomic mass is 10.1. The Labute approximate surface area is 129 Å². The fourth-order valence-electron chi connectivity index (χ4n) is 2.18. The minimum absolute atomic E-state index is 0.0354. The van der Waals surface area contributed by atoms with Crippen LogP contribution in [-0.2, 0) is 22.3 Å². The van der Waals surface area contributed by atoms with Crippen molar-refractivity contribution < 1.29 is 8.42 Å². The Hall–Kier alpha value is -0.910. The Morgan fingerprint density at radius 1 is 0.952 bits per heavy atom. The van der Waals surface area contributed by atoms with Crippen molar-refractivity contribution in [3.63, 3.8) is 0 Å². The van der Waals surface area contributed by atoms with E-state index in [1.165, 1.54) is 25.7 Å². The van der Waals surface area contributed by atoms with Crippen molar-refractivity contribution in [2.45, 2.75) is 57.7 Å². The van der Waals surface area contributed by atoms with Crippen LogP contribution in [0.2, 0.25) is 0 Å². The van der Waals surface area contributed by atoms with Crippen LogP contribution in [0.3, 0.4) is 0 Å². The molecule has 0 unspecified atom stereocenters. The van der Waals surface area contributed by atoms with Crippen molar-refractivity contribution in [2.24, 2.45) is 5.73 Å². The molecule has 0 heterocycles. The summed E-state index contributed by atoms with van der Waals surface area (Å²) >= 11 is 0. The maximum absolute atomic E-state index is 12.0. The molecule has 0 fully saturated rings. The first kappa shape index (κ1) is 18.1. The topological polar surface area (TPSA) is 72.2 Å². The van der Waals surface area contributed by atoms with Gasteiger partial charge in [-0.15, -0.1) is 0 Å². The Morgan fingerprint density at radius 3 is 2.14 bits per heavy atom. The number of nitrogens with one attached hydrogen (secondary N) is 1. The molecule has 0 aliphatic heterocycles. The average Bonchev–Trinajstić information content (AvgIpc) is 2.46. The summed E-state index contributed by atoms with van der Waals surface area (Å²) in [5.41, 5.74) is 7.33. The predicted octanol–water partition coefficient (Wildman–Crippen LogP) is 2.93. The SMILES string of the molecule is CCCCCCCCNS(=O)(=O)Cc1ccc(CN)cc1. The van der Waals surface area contributed by atoms with Crippen molar-refractivity contribution in [1.82, 2.24) is 4.72 Å². The van der Waals surface area contributed by atoms with E-state index < -0.39 is 10.0 Å². The van der Waals surface area contributed by atoms with Gasteiger partial charge < -0.3 is 5.73 Å². The molecule has 0 aliphatic rings. The van der Waals surface area contributed by atoms with Gasteiger partial charge in [0.05, 0.1) is 5.75 Å². The smallest absolute Gasteiger partial charge is 0.215 e. The summed E-state index contributed by atoms with van der Waals surface area (Å²) in [6.45, 7) is 3.20. The Morgan fingerprint density at radius 2 is 1.52 bits per heavy atom. The third-order valence-electron chi connectivity index (χ3n) is 3.47. The van der Waals surface area contributed by atoms with E-state index in [4.69, 9.17) is 5.73 Å². The molecule has 0 spiro atoms. The van der Waals surface area contributed by atoms with Gasteiger partial charge in [0, 0.05) is 13.1 Å². The molecule has 1 aromatic rings. The van der Waals surface area contributed by atoms with Gasteiger partial charge in [-0.2, -0.15) is 0 Å². The van der Waals surface area contributed by atoms with Gasteiger partial charge in [-0.1, -0.05) is 63.3 Å². The molecule has 1 aromatic carbocycles. The first-order valence-corrected chi connectivity index (χ1v) is 9.48. The van der Waals surface area contributed by atoms with Crippen LogP contribution in [0, 0.1) is 0 Å². The number of hydrogen-bond donors (Lipinski definition) is 2. The molecule has 0 saturated heterocycles. The van der Waals surface area contributed by atoms with Crippen LogP contribution in [-0.4, -0.2) is 15.0 Å². The molecule has 3 N–H and O–H groups in total. The van der Waals surface area contributed by atoms with Gasteiger partial charge >= 0.3 is 0 Å². The lowest BCUT2D eigenvalue weighted by Gasteiger charge is -2.07. The van der Waals surface area contributed by atoms with Crippen LogP contribution in [0.4, 0.5) is 0 Å². The average molecular weight is 312 g/mol. The zero-order valence-electron chi connectivity index (χ0n) is 13.0. The molecular weight excluding hydrogens is 284 g/mol. The van der Waals surface area contributed by atoms with E-state index in [0.717, 1.165) is 24.0 Å². The quantitative estimate of drug-likeness (QED) is 0.617. The molecule has 5 heteroatoms. The summed E-state index contributed by atoms with van der Waals surface area (Å²) in [4.78, 5) is 0. The van der Waals surface area contributed by atoms with Gasteiger partial charge in [-0.05, 0) is 17.5 Å². The standard InChI is InChI=1S/C16H28N2O2S/c1-2-3-4-5-6-7-12-18-21(19,20)14-16-10-8-15(13-17)9-11-16/h8-11,18H,2-7,12-14,17H2,1H3. The number of rotatable bonds is 11. The van der Waals surface area contributed by atoms with E-state index in [-0.39, 0.29) is 5.75 Å². The van der Waals surface area contributed by atoms with Gasteiger partial charge in [-0.25, -0.2) is 13.1 Å². The zero-order chi connectivity index (χ0) is 15.6. The molecule has 120 valence electrons. The van der Waals surface area contributed by atoms with E-state index in [0.29, 0.717) is 13.1 Å². The van der Waals surface area contributed by atoms with Gasteiger partial charge in [0.1, 0.15) is 0 Å². The van der Waals surface area contributed by atoms with E-state index >= 15 is 0 Å². The number of benzene rings is 1. The normalized spacial score (nSPS) is 11.7.